The summed E-state index contributed by atoms with van der Waals surface area (Å²) in [5.74, 6) is 0.751. The number of nitrogens with zero attached hydrogens (tertiary/aromatic N) is 1. The SMILES string of the molecule is CC(C)CCNC(=O)c1ccc(Nc2ccc(C(F)(F)F)cc2)nc1. The van der Waals surface area contributed by atoms with Crippen molar-refractivity contribution in [3.63, 3.8) is 0 Å². The van der Waals surface area contributed by atoms with E-state index in [1.165, 1.54) is 18.3 Å². The highest BCUT2D eigenvalue weighted by molar-refractivity contribution is 5.94. The molecule has 1 heterocycles. The van der Waals surface area contributed by atoms with Gasteiger partial charge in [0.1, 0.15) is 5.82 Å². The van der Waals surface area contributed by atoms with E-state index in [1.54, 1.807) is 12.1 Å². The average molecular weight is 351 g/mol. The van der Waals surface area contributed by atoms with Crippen molar-refractivity contribution < 1.29 is 18.0 Å². The summed E-state index contributed by atoms with van der Waals surface area (Å²) in [5, 5.41) is 5.71. The van der Waals surface area contributed by atoms with Gasteiger partial charge in [0.05, 0.1) is 11.1 Å². The number of anilines is 2. The second-order valence-electron chi connectivity index (χ2n) is 6.07. The Kier molecular flexibility index (Phi) is 6.01. The molecular weight excluding hydrogens is 331 g/mol. The van der Waals surface area contributed by atoms with Crippen molar-refractivity contribution in [2.24, 2.45) is 5.92 Å². The number of amides is 1. The van der Waals surface area contributed by atoms with Crippen LogP contribution in [0.4, 0.5) is 24.7 Å². The molecule has 134 valence electrons. The molecule has 0 spiro atoms. The molecule has 0 aliphatic heterocycles. The molecule has 2 N–H and O–H groups in total. The minimum Gasteiger partial charge on any atom is -0.352 e. The van der Waals surface area contributed by atoms with Crippen molar-refractivity contribution in [3.05, 3.63) is 53.7 Å². The van der Waals surface area contributed by atoms with Crippen molar-refractivity contribution in [1.29, 1.82) is 0 Å². The standard InChI is InChI=1S/C18H20F3N3O/c1-12(2)9-10-22-17(25)13-3-8-16(23-11-13)24-15-6-4-14(5-7-15)18(19,20)21/h3-8,11-12H,9-10H2,1-2H3,(H,22,25)(H,23,24). The lowest BCUT2D eigenvalue weighted by atomic mass is 10.1. The normalized spacial score (nSPS) is 11.4. The smallest absolute Gasteiger partial charge is 0.352 e. The van der Waals surface area contributed by atoms with Gasteiger partial charge in [-0.1, -0.05) is 13.8 Å². The van der Waals surface area contributed by atoms with Crippen molar-refractivity contribution in [2.75, 3.05) is 11.9 Å². The molecule has 2 aromatic rings. The molecule has 0 aliphatic carbocycles. The van der Waals surface area contributed by atoms with Crippen LogP contribution in [-0.4, -0.2) is 17.4 Å². The van der Waals surface area contributed by atoms with Crippen LogP contribution in [0.1, 0.15) is 36.2 Å². The Bertz CT molecular complexity index is 695. The molecule has 0 fully saturated rings. The third-order valence-corrected chi connectivity index (χ3v) is 3.52. The van der Waals surface area contributed by atoms with Gasteiger partial charge in [0.25, 0.3) is 5.91 Å². The summed E-state index contributed by atoms with van der Waals surface area (Å²) < 4.78 is 37.6. The van der Waals surface area contributed by atoms with Crippen LogP contribution in [0.2, 0.25) is 0 Å². The quantitative estimate of drug-likeness (QED) is 0.798. The Labute approximate surface area is 144 Å². The van der Waals surface area contributed by atoms with Gasteiger partial charge in [-0.25, -0.2) is 4.98 Å². The summed E-state index contributed by atoms with van der Waals surface area (Å²) >= 11 is 0. The van der Waals surface area contributed by atoms with Crippen molar-refractivity contribution in [2.45, 2.75) is 26.4 Å². The Balaban J connectivity index is 1.95. The Morgan fingerprint density at radius 3 is 2.32 bits per heavy atom. The first kappa shape index (κ1) is 18.8. The Hall–Kier alpha value is -2.57. The van der Waals surface area contributed by atoms with Crippen LogP contribution in [0.25, 0.3) is 0 Å². The lowest BCUT2D eigenvalue weighted by Crippen LogP contribution is -2.25. The van der Waals surface area contributed by atoms with E-state index in [2.05, 4.69) is 29.5 Å². The molecule has 0 saturated heterocycles. The lowest BCUT2D eigenvalue weighted by molar-refractivity contribution is -0.137. The van der Waals surface area contributed by atoms with E-state index in [4.69, 9.17) is 0 Å². The highest BCUT2D eigenvalue weighted by Crippen LogP contribution is 2.30. The summed E-state index contributed by atoms with van der Waals surface area (Å²) in [6, 6.07) is 7.88. The van der Waals surface area contributed by atoms with Gasteiger partial charge in [-0.15, -0.1) is 0 Å². The van der Waals surface area contributed by atoms with Gasteiger partial charge in [0.2, 0.25) is 0 Å². The minimum absolute atomic E-state index is 0.200. The van der Waals surface area contributed by atoms with Crippen LogP contribution < -0.4 is 10.6 Å². The van der Waals surface area contributed by atoms with E-state index >= 15 is 0 Å². The van der Waals surface area contributed by atoms with Crippen LogP contribution >= 0.6 is 0 Å². The number of aromatic nitrogens is 1. The summed E-state index contributed by atoms with van der Waals surface area (Å²) in [5.41, 5.74) is 0.204. The number of hydrogen-bond donors (Lipinski definition) is 2. The van der Waals surface area contributed by atoms with Crippen molar-refractivity contribution in [1.82, 2.24) is 10.3 Å². The first-order chi connectivity index (χ1) is 11.8. The predicted molar refractivity (Wildman–Crippen MR) is 90.8 cm³/mol. The van der Waals surface area contributed by atoms with Crippen LogP contribution in [0.5, 0.6) is 0 Å². The van der Waals surface area contributed by atoms with Crippen molar-refractivity contribution >= 4 is 17.4 Å². The maximum atomic E-state index is 12.5. The number of halogens is 3. The molecule has 4 nitrogen and oxygen atoms in total. The molecular formula is C18H20F3N3O. The molecule has 0 radical (unpaired) electrons. The number of nitrogens with one attached hydrogen (secondary N) is 2. The monoisotopic (exact) mass is 351 g/mol. The number of carbonyl (C=O) groups is 1. The number of hydrogen-bond acceptors (Lipinski definition) is 3. The van der Waals surface area contributed by atoms with E-state index < -0.39 is 11.7 Å². The second-order valence-corrected chi connectivity index (χ2v) is 6.07. The maximum Gasteiger partial charge on any atom is 0.416 e. The first-order valence-corrected chi connectivity index (χ1v) is 7.94. The topological polar surface area (TPSA) is 54.0 Å². The zero-order valence-electron chi connectivity index (χ0n) is 14.0. The van der Waals surface area contributed by atoms with E-state index in [1.807, 2.05) is 0 Å². The molecule has 0 saturated carbocycles. The number of alkyl halides is 3. The molecule has 25 heavy (non-hydrogen) atoms. The number of carbonyl (C=O) groups excluding carboxylic acids is 1. The van der Waals surface area contributed by atoms with Crippen LogP contribution in [0.3, 0.4) is 0 Å². The molecule has 1 amide bonds. The first-order valence-electron chi connectivity index (χ1n) is 7.94. The van der Waals surface area contributed by atoms with Crippen LogP contribution in [-0.2, 0) is 6.18 Å². The maximum absolute atomic E-state index is 12.5. The van der Waals surface area contributed by atoms with Gasteiger partial charge >= 0.3 is 6.18 Å². The number of pyridine rings is 1. The highest BCUT2D eigenvalue weighted by atomic mass is 19.4. The summed E-state index contributed by atoms with van der Waals surface area (Å²) in [6.07, 6.45) is -2.04. The third kappa shape index (κ3) is 5.77. The molecule has 1 aromatic heterocycles. The molecule has 0 bridgehead atoms. The third-order valence-electron chi connectivity index (χ3n) is 3.52. The Morgan fingerprint density at radius 1 is 1.12 bits per heavy atom. The zero-order chi connectivity index (χ0) is 18.4. The fraction of sp³-hybridized carbons (Fsp3) is 0.333. The average Bonchev–Trinajstić information content (AvgIpc) is 2.55. The van der Waals surface area contributed by atoms with E-state index in [-0.39, 0.29) is 5.91 Å². The molecule has 0 aliphatic rings. The summed E-state index contributed by atoms with van der Waals surface area (Å²) in [6.45, 7) is 4.76. The number of benzene rings is 1. The van der Waals surface area contributed by atoms with Crippen LogP contribution in [0, 0.1) is 5.92 Å². The molecule has 2 rings (SSSR count). The highest BCUT2D eigenvalue weighted by Gasteiger charge is 2.29. The summed E-state index contributed by atoms with van der Waals surface area (Å²) in [7, 11) is 0. The van der Waals surface area contributed by atoms with E-state index in [9.17, 15) is 18.0 Å². The molecule has 0 unspecified atom stereocenters. The fourth-order valence-electron chi connectivity index (χ4n) is 2.07. The van der Waals surface area contributed by atoms with Crippen molar-refractivity contribution in [3.8, 4) is 0 Å². The van der Waals surface area contributed by atoms with E-state index in [0.717, 1.165) is 18.6 Å². The van der Waals surface area contributed by atoms with Gasteiger partial charge in [-0.05, 0) is 48.7 Å². The van der Waals surface area contributed by atoms with Gasteiger partial charge in [0, 0.05) is 18.4 Å². The molecule has 7 heteroatoms. The van der Waals surface area contributed by atoms with Gasteiger partial charge in [-0.3, -0.25) is 4.79 Å². The van der Waals surface area contributed by atoms with Gasteiger partial charge < -0.3 is 10.6 Å². The predicted octanol–water partition coefficient (Wildman–Crippen LogP) is 4.62. The lowest BCUT2D eigenvalue weighted by Gasteiger charge is -2.10. The Morgan fingerprint density at radius 2 is 1.80 bits per heavy atom. The zero-order valence-corrected chi connectivity index (χ0v) is 14.0. The second kappa shape index (κ2) is 8.00. The van der Waals surface area contributed by atoms with E-state index in [0.29, 0.717) is 29.5 Å². The molecule has 1 aromatic carbocycles. The molecule has 0 atom stereocenters. The van der Waals surface area contributed by atoms with Gasteiger partial charge in [-0.2, -0.15) is 13.2 Å². The number of rotatable bonds is 6. The largest absolute Gasteiger partial charge is 0.416 e. The summed E-state index contributed by atoms with van der Waals surface area (Å²) in [4.78, 5) is 16.1. The van der Waals surface area contributed by atoms with Gasteiger partial charge in [0.15, 0.2) is 0 Å². The van der Waals surface area contributed by atoms with Crippen LogP contribution in [0.15, 0.2) is 42.6 Å². The fourth-order valence-corrected chi connectivity index (χ4v) is 2.07. The minimum atomic E-state index is -4.36.